The molecule has 0 unspecified atom stereocenters. The third kappa shape index (κ3) is 4.17. The maximum Gasteiger partial charge on any atom is 0.230 e. The number of carbonyl (C=O) groups excluding carboxylic acids is 1. The van der Waals surface area contributed by atoms with Gasteiger partial charge in [0.25, 0.3) is 0 Å². The quantitative estimate of drug-likeness (QED) is 0.678. The molecule has 1 N–H and O–H groups in total. The van der Waals surface area contributed by atoms with E-state index in [2.05, 4.69) is 36.3 Å². The fourth-order valence-corrected chi connectivity index (χ4v) is 3.52. The number of thiazole rings is 1. The first-order valence-corrected chi connectivity index (χ1v) is 9.29. The average molecular weight is 354 g/mol. The van der Waals surface area contributed by atoms with Crippen LogP contribution in [0.5, 0.6) is 5.75 Å². The second-order valence-electron chi connectivity index (χ2n) is 6.18. The minimum Gasteiger partial charge on any atom is -0.492 e. The van der Waals surface area contributed by atoms with Crippen molar-refractivity contribution in [1.82, 2.24) is 4.98 Å². The van der Waals surface area contributed by atoms with E-state index in [9.17, 15) is 4.79 Å². The summed E-state index contributed by atoms with van der Waals surface area (Å²) in [4.78, 5) is 16.8. The Bertz CT molecular complexity index is 869. The van der Waals surface area contributed by atoms with E-state index < -0.39 is 0 Å². The first-order valence-electron chi connectivity index (χ1n) is 8.48. The van der Waals surface area contributed by atoms with E-state index in [1.807, 2.05) is 37.3 Å². The van der Waals surface area contributed by atoms with Gasteiger partial charge in [0.1, 0.15) is 11.3 Å². The van der Waals surface area contributed by atoms with Gasteiger partial charge in [0, 0.05) is 0 Å². The van der Waals surface area contributed by atoms with Crippen LogP contribution in [0.3, 0.4) is 0 Å². The van der Waals surface area contributed by atoms with Gasteiger partial charge in [0.05, 0.1) is 17.7 Å². The van der Waals surface area contributed by atoms with Crippen LogP contribution >= 0.6 is 11.3 Å². The number of ether oxygens (including phenoxy) is 1. The highest BCUT2D eigenvalue weighted by Crippen LogP contribution is 2.32. The number of aromatic nitrogens is 1. The van der Waals surface area contributed by atoms with Crippen molar-refractivity contribution in [2.45, 2.75) is 33.1 Å². The van der Waals surface area contributed by atoms with Gasteiger partial charge >= 0.3 is 0 Å². The Labute approximate surface area is 151 Å². The molecule has 1 heterocycles. The number of amides is 1. The Balaban J connectivity index is 1.70. The number of carbonyl (C=O) groups is 1. The van der Waals surface area contributed by atoms with E-state index >= 15 is 0 Å². The van der Waals surface area contributed by atoms with Crippen LogP contribution in [0.2, 0.25) is 0 Å². The van der Waals surface area contributed by atoms with E-state index in [0.29, 0.717) is 24.1 Å². The summed E-state index contributed by atoms with van der Waals surface area (Å²) in [6, 6.07) is 14.0. The van der Waals surface area contributed by atoms with Gasteiger partial charge in [0.15, 0.2) is 5.13 Å². The molecule has 1 amide bonds. The molecule has 130 valence electrons. The van der Waals surface area contributed by atoms with Gasteiger partial charge in [0.2, 0.25) is 5.91 Å². The summed E-state index contributed by atoms with van der Waals surface area (Å²) in [5.74, 6) is 1.18. The van der Waals surface area contributed by atoms with Gasteiger partial charge in [-0.1, -0.05) is 55.5 Å². The maximum absolute atomic E-state index is 12.3. The monoisotopic (exact) mass is 354 g/mol. The van der Waals surface area contributed by atoms with E-state index in [4.69, 9.17) is 4.74 Å². The lowest BCUT2D eigenvalue weighted by Crippen LogP contribution is -2.14. The number of anilines is 1. The lowest BCUT2D eigenvalue weighted by molar-refractivity contribution is -0.115. The molecule has 0 atom stereocenters. The summed E-state index contributed by atoms with van der Waals surface area (Å²) in [6.45, 7) is 6.85. The predicted molar refractivity (Wildman–Crippen MR) is 104 cm³/mol. The molecule has 3 aromatic rings. The topological polar surface area (TPSA) is 51.2 Å². The van der Waals surface area contributed by atoms with Crippen LogP contribution in [0.15, 0.2) is 42.5 Å². The number of hydrogen-bond acceptors (Lipinski definition) is 4. The Hall–Kier alpha value is -2.40. The van der Waals surface area contributed by atoms with Crippen molar-refractivity contribution in [3.63, 3.8) is 0 Å². The summed E-state index contributed by atoms with van der Waals surface area (Å²) >= 11 is 1.46. The van der Waals surface area contributed by atoms with Crippen molar-refractivity contribution >= 4 is 32.6 Å². The van der Waals surface area contributed by atoms with E-state index in [0.717, 1.165) is 21.5 Å². The van der Waals surface area contributed by atoms with E-state index in [-0.39, 0.29) is 5.91 Å². The molecule has 0 saturated carbocycles. The van der Waals surface area contributed by atoms with Crippen molar-refractivity contribution in [1.29, 1.82) is 0 Å². The Morgan fingerprint density at radius 3 is 2.64 bits per heavy atom. The van der Waals surface area contributed by atoms with Crippen molar-refractivity contribution in [3.05, 3.63) is 53.6 Å². The molecule has 0 saturated heterocycles. The number of nitrogens with zero attached hydrogens (tertiary/aromatic N) is 1. The Kier molecular flexibility index (Phi) is 5.34. The van der Waals surface area contributed by atoms with Crippen molar-refractivity contribution in [3.8, 4) is 5.75 Å². The van der Waals surface area contributed by atoms with Crippen LogP contribution in [-0.2, 0) is 11.2 Å². The summed E-state index contributed by atoms with van der Waals surface area (Å²) < 4.78 is 6.60. The van der Waals surface area contributed by atoms with Gasteiger partial charge in [-0.15, -0.1) is 0 Å². The highest BCUT2D eigenvalue weighted by Gasteiger charge is 2.12. The highest BCUT2D eigenvalue weighted by molar-refractivity contribution is 7.22. The summed E-state index contributed by atoms with van der Waals surface area (Å²) in [6.07, 6.45) is 0.340. The number of benzene rings is 2. The molecule has 3 rings (SSSR count). The summed E-state index contributed by atoms with van der Waals surface area (Å²) in [5, 5.41) is 3.50. The lowest BCUT2D eigenvalue weighted by atomic mass is 10.0. The zero-order valence-electron chi connectivity index (χ0n) is 14.7. The average Bonchev–Trinajstić information content (AvgIpc) is 2.99. The number of hydrogen-bond donors (Lipinski definition) is 1. The van der Waals surface area contributed by atoms with Gasteiger partial charge in [-0.3, -0.25) is 4.79 Å². The minimum absolute atomic E-state index is 0.0608. The Morgan fingerprint density at radius 2 is 1.96 bits per heavy atom. The second kappa shape index (κ2) is 7.66. The first kappa shape index (κ1) is 17.4. The molecule has 0 radical (unpaired) electrons. The van der Waals surface area contributed by atoms with Crippen molar-refractivity contribution in [2.75, 3.05) is 11.9 Å². The molecule has 0 fully saturated rings. The summed E-state index contributed by atoms with van der Waals surface area (Å²) in [7, 11) is 0. The van der Waals surface area contributed by atoms with Crippen LogP contribution in [0.4, 0.5) is 5.13 Å². The molecule has 5 heteroatoms. The first-order chi connectivity index (χ1) is 12.1. The molecule has 0 bridgehead atoms. The molecule has 25 heavy (non-hydrogen) atoms. The number of nitrogens with one attached hydrogen (secondary N) is 1. The predicted octanol–water partition coefficient (Wildman–Crippen LogP) is 5.00. The fourth-order valence-electron chi connectivity index (χ4n) is 2.62. The normalized spacial score (nSPS) is 11.0. The molecular weight excluding hydrogens is 332 g/mol. The molecule has 1 aromatic heterocycles. The van der Waals surface area contributed by atoms with Crippen LogP contribution < -0.4 is 10.1 Å². The van der Waals surface area contributed by atoms with E-state index in [1.165, 1.54) is 16.9 Å². The highest BCUT2D eigenvalue weighted by atomic mass is 32.1. The van der Waals surface area contributed by atoms with Gasteiger partial charge < -0.3 is 10.1 Å². The third-order valence-electron chi connectivity index (χ3n) is 3.94. The fraction of sp³-hybridized carbons (Fsp3) is 0.300. The van der Waals surface area contributed by atoms with Gasteiger partial charge in [-0.25, -0.2) is 4.98 Å². The minimum atomic E-state index is -0.0608. The molecule has 2 aromatic carbocycles. The van der Waals surface area contributed by atoms with Crippen LogP contribution in [0.25, 0.3) is 10.2 Å². The zero-order valence-corrected chi connectivity index (χ0v) is 15.5. The standard InChI is InChI=1S/C20H22N2O2S/c1-4-24-16-6-5-7-17-19(16)22-20(25-17)21-18(23)12-14-8-10-15(11-9-14)13(2)3/h5-11,13H,4,12H2,1-3H3,(H,21,22,23). The summed E-state index contributed by atoms with van der Waals surface area (Å²) in [5.41, 5.74) is 3.07. The van der Waals surface area contributed by atoms with Crippen molar-refractivity contribution < 1.29 is 9.53 Å². The van der Waals surface area contributed by atoms with Crippen LogP contribution in [0.1, 0.15) is 37.8 Å². The second-order valence-corrected chi connectivity index (χ2v) is 7.21. The molecule has 0 spiro atoms. The van der Waals surface area contributed by atoms with Gasteiger partial charge in [-0.2, -0.15) is 0 Å². The van der Waals surface area contributed by atoms with Crippen LogP contribution in [-0.4, -0.2) is 17.5 Å². The largest absolute Gasteiger partial charge is 0.492 e. The van der Waals surface area contributed by atoms with Crippen LogP contribution in [0, 0.1) is 0 Å². The molecular formula is C20H22N2O2S. The molecule has 4 nitrogen and oxygen atoms in total. The maximum atomic E-state index is 12.3. The lowest BCUT2D eigenvalue weighted by Gasteiger charge is -2.06. The molecule has 0 aliphatic heterocycles. The number of fused-ring (bicyclic) bond motifs is 1. The SMILES string of the molecule is CCOc1cccc2sc(NC(=O)Cc3ccc(C(C)C)cc3)nc12. The van der Waals surface area contributed by atoms with Crippen molar-refractivity contribution in [2.24, 2.45) is 0 Å². The molecule has 0 aliphatic rings. The molecule has 0 aliphatic carbocycles. The number of rotatable bonds is 6. The zero-order chi connectivity index (χ0) is 17.8. The van der Waals surface area contributed by atoms with Gasteiger partial charge in [-0.05, 0) is 36.1 Å². The third-order valence-corrected chi connectivity index (χ3v) is 4.88. The number of para-hydroxylation sites is 1. The smallest absolute Gasteiger partial charge is 0.230 e. The Morgan fingerprint density at radius 1 is 1.20 bits per heavy atom. The van der Waals surface area contributed by atoms with E-state index in [1.54, 1.807) is 0 Å².